The van der Waals surface area contributed by atoms with Crippen molar-refractivity contribution in [2.24, 2.45) is 10.8 Å². The molecule has 0 fully saturated rings. The fourth-order valence-corrected chi connectivity index (χ4v) is 4.36. The van der Waals surface area contributed by atoms with Crippen molar-refractivity contribution < 1.29 is 13.9 Å². The summed E-state index contributed by atoms with van der Waals surface area (Å²) in [5.74, 6) is -0.343. The summed E-state index contributed by atoms with van der Waals surface area (Å²) in [6.07, 6.45) is 6.13. The molecule has 4 rings (SSSR count). The van der Waals surface area contributed by atoms with Gasteiger partial charge < -0.3 is 20.2 Å². The number of carbonyl (C=O) groups is 1. The van der Waals surface area contributed by atoms with E-state index in [9.17, 15) is 9.18 Å². The number of nitrogens with zero attached hydrogens (tertiary/aromatic N) is 3. The molecule has 0 unspecified atom stereocenters. The Morgan fingerprint density at radius 1 is 1.24 bits per heavy atom. The number of hydrazone groups is 1. The maximum Gasteiger partial charge on any atom is 0.219 e. The molecule has 4 aromatic rings. The predicted molar refractivity (Wildman–Crippen MR) is 154 cm³/mol. The molecule has 2 aromatic carbocycles. The topological polar surface area (TPSA) is 109 Å². The first-order chi connectivity index (χ1) is 18.2. The maximum atomic E-state index is 13.5. The number of halogens is 2. The minimum atomic E-state index is -0.468. The number of benzene rings is 2. The van der Waals surface area contributed by atoms with Crippen molar-refractivity contribution in [3.8, 4) is 11.6 Å². The van der Waals surface area contributed by atoms with Gasteiger partial charge in [0.25, 0.3) is 0 Å². The SMILES string of the molecule is CSNc1cc2[nH]c(C(=O)C(/C=N\N(C)c3cnc(Oc4cc(F)ccc4Cl)cc3C)=C\N)cc2cc1C. The molecule has 0 bridgehead atoms. The van der Waals surface area contributed by atoms with E-state index in [4.69, 9.17) is 22.1 Å². The van der Waals surface area contributed by atoms with Gasteiger partial charge >= 0.3 is 0 Å². The molecule has 0 aliphatic heterocycles. The monoisotopic (exact) mass is 552 g/mol. The number of anilines is 2. The van der Waals surface area contributed by atoms with E-state index in [0.717, 1.165) is 27.7 Å². The van der Waals surface area contributed by atoms with Crippen LogP contribution in [-0.4, -0.2) is 35.3 Å². The summed E-state index contributed by atoms with van der Waals surface area (Å²) in [6, 6.07) is 11.3. The van der Waals surface area contributed by atoms with E-state index in [1.807, 2.05) is 32.2 Å². The van der Waals surface area contributed by atoms with E-state index in [1.54, 1.807) is 30.4 Å². The van der Waals surface area contributed by atoms with Crippen LogP contribution >= 0.6 is 23.5 Å². The normalized spacial score (nSPS) is 11.8. The van der Waals surface area contributed by atoms with Crippen LogP contribution in [0.2, 0.25) is 5.02 Å². The third kappa shape index (κ3) is 5.92. The zero-order valence-corrected chi connectivity index (χ0v) is 22.7. The summed E-state index contributed by atoms with van der Waals surface area (Å²) in [5.41, 5.74) is 10.7. The number of H-pyrrole nitrogens is 1. The number of carbonyl (C=O) groups excluding carboxylic acids is 1. The number of aromatic amines is 1. The van der Waals surface area contributed by atoms with E-state index in [2.05, 4.69) is 19.8 Å². The van der Waals surface area contributed by atoms with Crippen LogP contribution in [0.1, 0.15) is 21.6 Å². The Labute approximate surface area is 228 Å². The number of aromatic nitrogens is 2. The Bertz CT molecular complexity index is 1570. The van der Waals surface area contributed by atoms with Crippen molar-refractivity contribution in [3.63, 3.8) is 0 Å². The number of nitrogens with two attached hydrogens (primary N) is 1. The summed E-state index contributed by atoms with van der Waals surface area (Å²) < 4.78 is 22.4. The average molecular weight is 553 g/mol. The summed E-state index contributed by atoms with van der Waals surface area (Å²) in [5, 5.41) is 7.13. The van der Waals surface area contributed by atoms with Crippen molar-refractivity contribution in [1.82, 2.24) is 9.97 Å². The zero-order valence-electron chi connectivity index (χ0n) is 21.2. The summed E-state index contributed by atoms with van der Waals surface area (Å²) in [7, 11) is 1.72. The molecule has 2 aromatic heterocycles. The number of pyridine rings is 1. The first-order valence-electron chi connectivity index (χ1n) is 11.5. The van der Waals surface area contributed by atoms with E-state index < -0.39 is 5.82 Å². The fraction of sp³-hybridized carbons (Fsp3) is 0.148. The van der Waals surface area contributed by atoms with Gasteiger partial charge in [-0.2, -0.15) is 5.10 Å². The number of aryl methyl sites for hydroxylation is 2. The van der Waals surface area contributed by atoms with Gasteiger partial charge in [0.1, 0.15) is 5.82 Å². The van der Waals surface area contributed by atoms with Crippen LogP contribution in [0.4, 0.5) is 15.8 Å². The van der Waals surface area contributed by atoms with Gasteiger partial charge in [0, 0.05) is 48.2 Å². The number of fused-ring (bicyclic) bond motifs is 1. The Balaban J connectivity index is 1.50. The summed E-state index contributed by atoms with van der Waals surface area (Å²) in [4.78, 5) is 20.6. The average Bonchev–Trinajstić information content (AvgIpc) is 3.29. The number of ketones is 1. The third-order valence-corrected chi connectivity index (χ3v) is 6.48. The van der Waals surface area contributed by atoms with Crippen LogP contribution in [-0.2, 0) is 0 Å². The second-order valence-corrected chi connectivity index (χ2v) is 9.47. The number of nitrogens with one attached hydrogen (secondary N) is 2. The number of Topliss-reactive ketones (excluding diaryl/α,β-unsaturated/α-hetero) is 1. The number of rotatable bonds is 9. The number of hydrogen-bond acceptors (Lipinski definition) is 8. The lowest BCUT2D eigenvalue weighted by molar-refractivity contribution is 0.103. The highest BCUT2D eigenvalue weighted by atomic mass is 35.5. The second-order valence-electron chi connectivity index (χ2n) is 8.45. The molecule has 8 nitrogen and oxygen atoms in total. The van der Waals surface area contributed by atoms with Crippen molar-refractivity contribution in [3.05, 3.63) is 88.1 Å². The Hall–Kier alpha value is -4.02. The van der Waals surface area contributed by atoms with Crippen molar-refractivity contribution in [1.29, 1.82) is 0 Å². The molecule has 0 saturated heterocycles. The molecule has 0 aliphatic rings. The predicted octanol–water partition coefficient (Wildman–Crippen LogP) is 6.60. The molecule has 0 amide bonds. The molecule has 0 saturated carbocycles. The Morgan fingerprint density at radius 2 is 2.03 bits per heavy atom. The van der Waals surface area contributed by atoms with Crippen molar-refractivity contribution in [2.75, 3.05) is 23.0 Å². The standard InChI is InChI=1S/C27H26ClFN6O2S/c1-15-7-17-9-23(33-22(17)11-21(15)34-38-4)27(36)18(12-30)13-32-35(3)24-14-31-26(8-16(24)2)37-25-10-19(29)5-6-20(25)28/h5-14,33-34H,30H2,1-4H3/b18-12-,32-13-. The first-order valence-corrected chi connectivity index (χ1v) is 13.1. The molecule has 0 atom stereocenters. The number of ether oxygens (including phenoxy) is 1. The highest BCUT2D eigenvalue weighted by molar-refractivity contribution is 7.99. The molecule has 0 radical (unpaired) electrons. The molecule has 4 N–H and O–H groups in total. The Morgan fingerprint density at radius 3 is 2.74 bits per heavy atom. The largest absolute Gasteiger partial charge is 0.437 e. The van der Waals surface area contributed by atoms with Gasteiger partial charge in [0.05, 0.1) is 34.4 Å². The minimum absolute atomic E-state index is 0.165. The van der Waals surface area contributed by atoms with Crippen molar-refractivity contribution in [2.45, 2.75) is 13.8 Å². The third-order valence-electron chi connectivity index (χ3n) is 5.75. The lowest BCUT2D eigenvalue weighted by Crippen LogP contribution is -2.14. The molecule has 196 valence electrons. The van der Waals surface area contributed by atoms with Crippen LogP contribution in [0.15, 0.2) is 65.5 Å². The second kappa shape index (κ2) is 11.6. The lowest BCUT2D eigenvalue weighted by Gasteiger charge is -2.16. The lowest BCUT2D eigenvalue weighted by atomic mass is 10.1. The summed E-state index contributed by atoms with van der Waals surface area (Å²) >= 11 is 7.58. The number of hydrogen-bond donors (Lipinski definition) is 3. The first kappa shape index (κ1) is 27.0. The van der Waals surface area contributed by atoms with Gasteiger partial charge in [-0.15, -0.1) is 0 Å². The quantitative estimate of drug-likeness (QED) is 0.0705. The number of allylic oxidation sites excluding steroid dienone is 1. The van der Waals surface area contributed by atoms with Gasteiger partial charge in [-0.3, -0.25) is 9.80 Å². The minimum Gasteiger partial charge on any atom is -0.437 e. The van der Waals surface area contributed by atoms with Crippen molar-refractivity contribution >= 4 is 57.8 Å². The molecule has 0 aliphatic carbocycles. The Kier molecular flexibility index (Phi) is 8.23. The van der Waals surface area contributed by atoms with E-state index in [1.165, 1.54) is 42.6 Å². The molecular formula is C27H26ClFN6O2S. The van der Waals surface area contributed by atoms with E-state index in [-0.39, 0.29) is 28.0 Å². The molecular weight excluding hydrogens is 527 g/mol. The molecule has 38 heavy (non-hydrogen) atoms. The summed E-state index contributed by atoms with van der Waals surface area (Å²) in [6.45, 7) is 3.85. The van der Waals surface area contributed by atoms with Gasteiger partial charge in [-0.25, -0.2) is 9.37 Å². The van der Waals surface area contributed by atoms with Gasteiger partial charge in [-0.05, 0) is 55.3 Å². The van der Waals surface area contributed by atoms with E-state index >= 15 is 0 Å². The molecule has 11 heteroatoms. The maximum absolute atomic E-state index is 13.5. The van der Waals surface area contributed by atoms with Crippen LogP contribution in [0.3, 0.4) is 0 Å². The highest BCUT2D eigenvalue weighted by Gasteiger charge is 2.16. The van der Waals surface area contributed by atoms with Crippen LogP contribution in [0.5, 0.6) is 11.6 Å². The zero-order chi connectivity index (χ0) is 27.4. The van der Waals surface area contributed by atoms with Gasteiger partial charge in [0.2, 0.25) is 11.7 Å². The van der Waals surface area contributed by atoms with Gasteiger partial charge in [0.15, 0.2) is 5.75 Å². The van der Waals surface area contributed by atoms with Crippen LogP contribution in [0, 0.1) is 19.7 Å². The van der Waals surface area contributed by atoms with Crippen LogP contribution in [0.25, 0.3) is 10.9 Å². The van der Waals surface area contributed by atoms with Crippen LogP contribution < -0.4 is 20.2 Å². The highest BCUT2D eigenvalue weighted by Crippen LogP contribution is 2.31. The van der Waals surface area contributed by atoms with Gasteiger partial charge in [-0.1, -0.05) is 23.5 Å². The van der Waals surface area contributed by atoms with E-state index in [0.29, 0.717) is 11.4 Å². The molecule has 2 heterocycles. The smallest absolute Gasteiger partial charge is 0.219 e. The molecule has 0 spiro atoms. The fourth-order valence-electron chi connectivity index (χ4n) is 3.77.